The number of aliphatic hydroxyl groups excluding tert-OH is 1. The number of para-hydroxylation sites is 2. The SMILES string of the molecule is COc1cccc2cc(C(=O)C3=C(O)C(=O)N(CCc4ccc(F)cc4)C3c3c[nH]c4ccccc34)oc12. The van der Waals surface area contributed by atoms with Crippen molar-refractivity contribution in [1.82, 2.24) is 9.88 Å². The average molecular weight is 511 g/mol. The Morgan fingerprint density at radius 3 is 2.68 bits per heavy atom. The number of amides is 1. The number of aliphatic hydroxyl groups is 1. The largest absolute Gasteiger partial charge is 0.503 e. The molecule has 6 rings (SSSR count). The number of ketones is 1. The molecule has 3 heterocycles. The van der Waals surface area contributed by atoms with E-state index < -0.39 is 23.5 Å². The molecule has 0 saturated heterocycles. The van der Waals surface area contributed by atoms with Gasteiger partial charge in [0.1, 0.15) is 5.82 Å². The highest BCUT2D eigenvalue weighted by Gasteiger charge is 2.45. The van der Waals surface area contributed by atoms with Gasteiger partial charge in [-0.2, -0.15) is 0 Å². The number of hydrogen-bond acceptors (Lipinski definition) is 5. The van der Waals surface area contributed by atoms with Crippen LogP contribution in [0.25, 0.3) is 21.9 Å². The second kappa shape index (κ2) is 9.23. The van der Waals surface area contributed by atoms with E-state index in [1.165, 1.54) is 24.1 Å². The number of fused-ring (bicyclic) bond motifs is 2. The van der Waals surface area contributed by atoms with Gasteiger partial charge < -0.3 is 24.1 Å². The smallest absolute Gasteiger partial charge is 0.290 e. The highest BCUT2D eigenvalue weighted by atomic mass is 19.1. The Balaban J connectivity index is 1.44. The third kappa shape index (κ3) is 3.82. The first-order chi connectivity index (χ1) is 18.5. The molecule has 8 heteroatoms. The van der Waals surface area contributed by atoms with E-state index in [9.17, 15) is 19.1 Å². The lowest BCUT2D eigenvalue weighted by atomic mass is 9.94. The van der Waals surface area contributed by atoms with Gasteiger partial charge in [-0.15, -0.1) is 0 Å². The van der Waals surface area contributed by atoms with Gasteiger partial charge in [0, 0.05) is 34.6 Å². The number of carbonyl (C=O) groups is 2. The normalized spacial score (nSPS) is 15.7. The Labute approximate surface area is 216 Å². The zero-order chi connectivity index (χ0) is 26.4. The highest BCUT2D eigenvalue weighted by molar-refractivity contribution is 6.16. The number of aromatic amines is 1. The van der Waals surface area contributed by atoms with Crippen molar-refractivity contribution in [3.63, 3.8) is 0 Å². The molecule has 1 aliphatic rings. The lowest BCUT2D eigenvalue weighted by molar-refractivity contribution is -0.129. The third-order valence-corrected chi connectivity index (χ3v) is 6.97. The van der Waals surface area contributed by atoms with Crippen LogP contribution >= 0.6 is 0 Å². The fraction of sp³-hybridized carbons (Fsp3) is 0.133. The minimum Gasteiger partial charge on any atom is -0.503 e. The molecule has 0 spiro atoms. The van der Waals surface area contributed by atoms with E-state index in [0.717, 1.165) is 16.5 Å². The monoisotopic (exact) mass is 510 g/mol. The average Bonchev–Trinajstić information content (AvgIpc) is 3.63. The van der Waals surface area contributed by atoms with Gasteiger partial charge in [0.15, 0.2) is 22.9 Å². The molecule has 2 N–H and O–H groups in total. The minimum absolute atomic E-state index is 0.0101. The molecular formula is C30H23FN2O5. The number of Topliss-reactive ketones (excluding diaryl/α,β-unsaturated/α-hetero) is 1. The summed E-state index contributed by atoms with van der Waals surface area (Å²) in [5.41, 5.74) is 2.67. The summed E-state index contributed by atoms with van der Waals surface area (Å²) < 4.78 is 24.6. The Bertz CT molecular complexity index is 1730. The maximum atomic E-state index is 13.9. The fourth-order valence-corrected chi connectivity index (χ4v) is 5.10. The van der Waals surface area contributed by atoms with E-state index in [4.69, 9.17) is 9.15 Å². The van der Waals surface area contributed by atoms with Gasteiger partial charge in [-0.1, -0.05) is 42.5 Å². The van der Waals surface area contributed by atoms with Gasteiger partial charge >= 0.3 is 0 Å². The number of benzene rings is 3. The molecule has 0 aliphatic carbocycles. The lowest BCUT2D eigenvalue weighted by Gasteiger charge is -2.26. The number of aromatic nitrogens is 1. The molecule has 1 unspecified atom stereocenters. The quantitative estimate of drug-likeness (QED) is 0.267. The van der Waals surface area contributed by atoms with Gasteiger partial charge in [0.05, 0.1) is 18.7 Å². The molecule has 0 radical (unpaired) electrons. The number of hydrogen-bond donors (Lipinski definition) is 2. The number of halogens is 1. The molecule has 2 aromatic heterocycles. The molecule has 0 saturated carbocycles. The number of H-pyrrole nitrogens is 1. The van der Waals surface area contributed by atoms with Crippen molar-refractivity contribution in [2.75, 3.05) is 13.7 Å². The van der Waals surface area contributed by atoms with E-state index in [1.54, 1.807) is 42.6 Å². The first-order valence-electron chi connectivity index (χ1n) is 12.1. The summed E-state index contributed by atoms with van der Waals surface area (Å²) in [5.74, 6) is -1.75. The van der Waals surface area contributed by atoms with Gasteiger partial charge in [0.25, 0.3) is 5.91 Å². The predicted octanol–water partition coefficient (Wildman–Crippen LogP) is 5.88. The van der Waals surface area contributed by atoms with Crippen LogP contribution < -0.4 is 4.74 Å². The number of carbonyl (C=O) groups excluding carboxylic acids is 2. The lowest BCUT2D eigenvalue weighted by Crippen LogP contribution is -2.33. The van der Waals surface area contributed by atoms with Crippen molar-refractivity contribution in [2.24, 2.45) is 0 Å². The molecule has 38 heavy (non-hydrogen) atoms. The summed E-state index contributed by atoms with van der Waals surface area (Å²) in [5, 5.41) is 12.5. The maximum Gasteiger partial charge on any atom is 0.290 e. The Morgan fingerprint density at radius 1 is 1.11 bits per heavy atom. The fourth-order valence-electron chi connectivity index (χ4n) is 5.10. The van der Waals surface area contributed by atoms with Gasteiger partial charge in [-0.3, -0.25) is 9.59 Å². The molecule has 1 atom stereocenters. The van der Waals surface area contributed by atoms with Gasteiger partial charge in [0.2, 0.25) is 5.78 Å². The second-order valence-electron chi connectivity index (χ2n) is 9.15. The number of nitrogens with one attached hydrogen (secondary N) is 1. The second-order valence-corrected chi connectivity index (χ2v) is 9.15. The third-order valence-electron chi connectivity index (χ3n) is 6.97. The van der Waals surface area contributed by atoms with Crippen LogP contribution in [0.5, 0.6) is 5.75 Å². The minimum atomic E-state index is -0.860. The van der Waals surface area contributed by atoms with E-state index >= 15 is 0 Å². The van der Waals surface area contributed by atoms with Crippen LogP contribution in [-0.2, 0) is 11.2 Å². The summed E-state index contributed by atoms with van der Waals surface area (Å²) in [6.07, 6.45) is 2.16. The molecule has 7 nitrogen and oxygen atoms in total. The first-order valence-corrected chi connectivity index (χ1v) is 12.1. The summed E-state index contributed by atoms with van der Waals surface area (Å²) in [6, 6.07) is 19.6. The molecule has 190 valence electrons. The molecule has 1 aliphatic heterocycles. The number of nitrogens with zero attached hydrogens (tertiary/aromatic N) is 1. The van der Waals surface area contributed by atoms with Crippen molar-refractivity contribution in [2.45, 2.75) is 12.5 Å². The summed E-state index contributed by atoms with van der Waals surface area (Å²) >= 11 is 0. The molecule has 0 bridgehead atoms. The molecule has 5 aromatic rings. The molecule has 0 fully saturated rings. The number of ether oxygens (including phenoxy) is 1. The zero-order valence-corrected chi connectivity index (χ0v) is 20.4. The molecular weight excluding hydrogens is 487 g/mol. The van der Waals surface area contributed by atoms with Crippen LogP contribution in [0.1, 0.15) is 27.7 Å². The Morgan fingerprint density at radius 2 is 1.89 bits per heavy atom. The van der Waals surface area contributed by atoms with Crippen LogP contribution in [-0.4, -0.2) is 40.3 Å². The van der Waals surface area contributed by atoms with Gasteiger partial charge in [-0.05, 0) is 42.3 Å². The first kappa shape index (κ1) is 23.5. The summed E-state index contributed by atoms with van der Waals surface area (Å²) in [7, 11) is 1.51. The number of methoxy groups -OCH3 is 1. The summed E-state index contributed by atoms with van der Waals surface area (Å²) in [6.45, 7) is 0.198. The van der Waals surface area contributed by atoms with Crippen molar-refractivity contribution in [3.05, 3.63) is 113 Å². The predicted molar refractivity (Wildman–Crippen MR) is 140 cm³/mol. The standard InChI is InChI=1S/C30H23FN2O5/c1-37-23-8-4-5-18-15-24(38-29(18)23)27(34)25-26(21-16-32-22-7-3-2-6-20(21)22)33(30(36)28(25)35)14-13-17-9-11-19(31)12-10-17/h2-12,15-16,26,32,35H,13-14H2,1H3. The van der Waals surface area contributed by atoms with Crippen molar-refractivity contribution < 1.29 is 28.2 Å². The van der Waals surface area contributed by atoms with Crippen LogP contribution in [0.2, 0.25) is 0 Å². The molecule has 1 amide bonds. The van der Waals surface area contributed by atoms with E-state index in [2.05, 4.69) is 4.98 Å². The maximum absolute atomic E-state index is 13.9. The number of furan rings is 1. The topological polar surface area (TPSA) is 95.8 Å². The Kier molecular flexibility index (Phi) is 5.72. The zero-order valence-electron chi connectivity index (χ0n) is 20.4. The molecule has 3 aromatic carbocycles. The number of rotatable bonds is 7. The van der Waals surface area contributed by atoms with Crippen molar-refractivity contribution in [1.29, 1.82) is 0 Å². The van der Waals surface area contributed by atoms with E-state index in [0.29, 0.717) is 28.7 Å². The van der Waals surface area contributed by atoms with E-state index in [1.807, 2.05) is 24.3 Å². The summed E-state index contributed by atoms with van der Waals surface area (Å²) in [4.78, 5) is 31.9. The van der Waals surface area contributed by atoms with Crippen molar-refractivity contribution in [3.8, 4) is 5.75 Å². The van der Waals surface area contributed by atoms with Crippen LogP contribution in [0.15, 0.2) is 94.7 Å². The van der Waals surface area contributed by atoms with Gasteiger partial charge in [-0.25, -0.2) is 4.39 Å². The van der Waals surface area contributed by atoms with Crippen LogP contribution in [0, 0.1) is 5.82 Å². The van der Waals surface area contributed by atoms with Crippen LogP contribution in [0.4, 0.5) is 4.39 Å². The van der Waals surface area contributed by atoms with Crippen LogP contribution in [0.3, 0.4) is 0 Å². The highest BCUT2D eigenvalue weighted by Crippen LogP contribution is 2.42. The van der Waals surface area contributed by atoms with Crippen molar-refractivity contribution >= 4 is 33.6 Å². The Hall–Kier alpha value is -4.85. The van der Waals surface area contributed by atoms with E-state index in [-0.39, 0.29) is 23.7 Å².